The first-order valence-corrected chi connectivity index (χ1v) is 8.29. The first-order valence-electron chi connectivity index (χ1n) is 8.29. The van der Waals surface area contributed by atoms with Crippen molar-refractivity contribution in [1.82, 2.24) is 4.90 Å². The fourth-order valence-electron chi connectivity index (χ4n) is 3.52. The summed E-state index contributed by atoms with van der Waals surface area (Å²) >= 11 is 0. The van der Waals surface area contributed by atoms with E-state index in [1.54, 1.807) is 0 Å². The van der Waals surface area contributed by atoms with Gasteiger partial charge in [-0.1, -0.05) is 32.0 Å². The smallest absolute Gasteiger partial charge is 0.0388 e. The van der Waals surface area contributed by atoms with E-state index in [0.717, 1.165) is 18.4 Å². The average molecular weight is 272 g/mol. The second-order valence-corrected chi connectivity index (χ2v) is 6.96. The molecule has 1 saturated carbocycles. The summed E-state index contributed by atoms with van der Waals surface area (Å²) in [7, 11) is 0. The van der Waals surface area contributed by atoms with Gasteiger partial charge in [-0.05, 0) is 62.2 Å². The number of para-hydroxylation sites is 1. The molecule has 1 saturated heterocycles. The zero-order valence-electron chi connectivity index (χ0n) is 12.9. The highest BCUT2D eigenvalue weighted by Gasteiger charge is 2.31. The molecule has 3 rings (SSSR count). The minimum Gasteiger partial charge on any atom is -0.382 e. The van der Waals surface area contributed by atoms with E-state index in [1.165, 1.54) is 50.0 Å². The molecule has 1 aromatic carbocycles. The molecule has 1 aliphatic carbocycles. The second-order valence-electron chi connectivity index (χ2n) is 6.96. The molecule has 20 heavy (non-hydrogen) atoms. The molecule has 0 aromatic heterocycles. The lowest BCUT2D eigenvalue weighted by atomic mass is 9.73. The number of nitrogens with one attached hydrogen (secondary N) is 1. The van der Waals surface area contributed by atoms with Gasteiger partial charge >= 0.3 is 0 Å². The predicted octanol–water partition coefficient (Wildman–Crippen LogP) is 4.13. The highest BCUT2D eigenvalue weighted by atomic mass is 15.1. The van der Waals surface area contributed by atoms with Crippen LogP contribution in [0.2, 0.25) is 0 Å². The number of hydrogen-bond acceptors (Lipinski definition) is 2. The van der Waals surface area contributed by atoms with Crippen LogP contribution in [0.4, 0.5) is 5.69 Å². The van der Waals surface area contributed by atoms with Crippen LogP contribution in [-0.2, 0) is 6.54 Å². The van der Waals surface area contributed by atoms with Crippen LogP contribution in [0.25, 0.3) is 0 Å². The topological polar surface area (TPSA) is 15.3 Å². The quantitative estimate of drug-likeness (QED) is 0.867. The van der Waals surface area contributed by atoms with Gasteiger partial charge in [0.1, 0.15) is 0 Å². The second kappa shape index (κ2) is 6.17. The lowest BCUT2D eigenvalue weighted by Gasteiger charge is -2.39. The van der Waals surface area contributed by atoms with E-state index >= 15 is 0 Å². The Kier molecular flexibility index (Phi) is 4.30. The molecular weight excluding hydrogens is 244 g/mol. The van der Waals surface area contributed by atoms with Gasteiger partial charge in [0.2, 0.25) is 0 Å². The fraction of sp³-hybridized carbons (Fsp3) is 0.667. The summed E-state index contributed by atoms with van der Waals surface area (Å²) in [5.41, 5.74) is 2.84. The summed E-state index contributed by atoms with van der Waals surface area (Å²) in [5.74, 6) is 1.77. The number of anilines is 1. The van der Waals surface area contributed by atoms with Crippen molar-refractivity contribution in [3.8, 4) is 0 Å². The van der Waals surface area contributed by atoms with Crippen LogP contribution in [-0.4, -0.2) is 24.0 Å². The molecule has 0 spiro atoms. The van der Waals surface area contributed by atoms with E-state index in [4.69, 9.17) is 0 Å². The molecule has 1 heterocycles. The van der Waals surface area contributed by atoms with Crippen molar-refractivity contribution in [2.75, 3.05) is 18.4 Å². The molecule has 1 aliphatic heterocycles. The zero-order chi connectivity index (χ0) is 13.9. The minimum atomic E-state index is 0.696. The third kappa shape index (κ3) is 3.17. The summed E-state index contributed by atoms with van der Waals surface area (Å²) in [6.07, 6.45) is 5.42. The zero-order valence-corrected chi connectivity index (χ0v) is 12.9. The largest absolute Gasteiger partial charge is 0.382 e. The van der Waals surface area contributed by atoms with Crippen LogP contribution in [0.15, 0.2) is 24.3 Å². The Labute approximate surface area is 123 Å². The number of hydrogen-bond donors (Lipinski definition) is 1. The van der Waals surface area contributed by atoms with Crippen LogP contribution >= 0.6 is 0 Å². The van der Waals surface area contributed by atoms with E-state index in [2.05, 4.69) is 48.3 Å². The molecule has 0 bridgehead atoms. The monoisotopic (exact) mass is 272 g/mol. The standard InChI is InChI=1S/C18H28N2/c1-14(2)16-11-17(12-16)19-18-8-4-3-7-15(18)13-20-9-5-6-10-20/h3-4,7-8,14,16-17,19H,5-6,9-13H2,1-2H3. The normalized spacial score (nSPS) is 26.8. The van der Waals surface area contributed by atoms with E-state index < -0.39 is 0 Å². The maximum Gasteiger partial charge on any atom is 0.0388 e. The van der Waals surface area contributed by atoms with Crippen molar-refractivity contribution in [2.24, 2.45) is 11.8 Å². The van der Waals surface area contributed by atoms with Gasteiger partial charge in [-0.25, -0.2) is 0 Å². The Hall–Kier alpha value is -1.02. The number of nitrogens with zero attached hydrogens (tertiary/aromatic N) is 1. The van der Waals surface area contributed by atoms with Crippen molar-refractivity contribution in [3.05, 3.63) is 29.8 Å². The van der Waals surface area contributed by atoms with Gasteiger partial charge in [0.25, 0.3) is 0 Å². The van der Waals surface area contributed by atoms with Gasteiger partial charge in [0.05, 0.1) is 0 Å². The van der Waals surface area contributed by atoms with Gasteiger partial charge in [-0.15, -0.1) is 0 Å². The molecule has 2 fully saturated rings. The minimum absolute atomic E-state index is 0.696. The van der Waals surface area contributed by atoms with Gasteiger partial charge in [0, 0.05) is 18.3 Å². The van der Waals surface area contributed by atoms with Crippen molar-refractivity contribution < 1.29 is 0 Å². The molecule has 110 valence electrons. The van der Waals surface area contributed by atoms with E-state index in [0.29, 0.717) is 6.04 Å². The molecule has 0 atom stereocenters. The Balaban J connectivity index is 1.58. The van der Waals surface area contributed by atoms with Crippen LogP contribution in [0.1, 0.15) is 45.1 Å². The molecule has 2 nitrogen and oxygen atoms in total. The van der Waals surface area contributed by atoms with Crippen LogP contribution in [0.5, 0.6) is 0 Å². The first-order chi connectivity index (χ1) is 9.72. The lowest BCUT2D eigenvalue weighted by Crippen LogP contribution is -2.38. The number of likely N-dealkylation sites (tertiary alicyclic amines) is 1. The molecule has 1 aromatic rings. The summed E-state index contributed by atoms with van der Waals surface area (Å²) in [6.45, 7) is 8.36. The van der Waals surface area contributed by atoms with Crippen molar-refractivity contribution in [3.63, 3.8) is 0 Å². The van der Waals surface area contributed by atoms with Crippen LogP contribution in [0.3, 0.4) is 0 Å². The molecule has 1 N–H and O–H groups in total. The lowest BCUT2D eigenvalue weighted by molar-refractivity contribution is 0.211. The van der Waals surface area contributed by atoms with E-state index in [9.17, 15) is 0 Å². The van der Waals surface area contributed by atoms with Crippen molar-refractivity contribution in [2.45, 2.75) is 52.1 Å². The SMILES string of the molecule is CC(C)C1CC(Nc2ccccc2CN2CCCC2)C1. The van der Waals surface area contributed by atoms with Crippen molar-refractivity contribution in [1.29, 1.82) is 0 Å². The predicted molar refractivity (Wildman–Crippen MR) is 85.9 cm³/mol. The van der Waals surface area contributed by atoms with Gasteiger partial charge in [-0.2, -0.15) is 0 Å². The molecule has 0 unspecified atom stereocenters. The van der Waals surface area contributed by atoms with Gasteiger partial charge in [0.15, 0.2) is 0 Å². The maximum absolute atomic E-state index is 3.78. The highest BCUT2D eigenvalue weighted by Crippen LogP contribution is 2.36. The molecule has 0 radical (unpaired) electrons. The molecule has 2 aliphatic rings. The highest BCUT2D eigenvalue weighted by molar-refractivity contribution is 5.52. The van der Waals surface area contributed by atoms with E-state index in [-0.39, 0.29) is 0 Å². The third-order valence-corrected chi connectivity index (χ3v) is 5.09. The molecule has 2 heteroatoms. The molecule has 0 amide bonds. The summed E-state index contributed by atoms with van der Waals surface area (Å²) < 4.78 is 0. The number of benzene rings is 1. The van der Waals surface area contributed by atoms with Gasteiger partial charge in [-0.3, -0.25) is 4.90 Å². The summed E-state index contributed by atoms with van der Waals surface area (Å²) in [5, 5.41) is 3.78. The van der Waals surface area contributed by atoms with Gasteiger partial charge < -0.3 is 5.32 Å². The maximum atomic E-state index is 3.78. The Morgan fingerprint density at radius 1 is 1.15 bits per heavy atom. The Morgan fingerprint density at radius 2 is 1.85 bits per heavy atom. The number of rotatable bonds is 5. The van der Waals surface area contributed by atoms with Crippen LogP contribution in [0, 0.1) is 11.8 Å². The molecular formula is C18H28N2. The summed E-state index contributed by atoms with van der Waals surface area (Å²) in [6, 6.07) is 9.58. The summed E-state index contributed by atoms with van der Waals surface area (Å²) in [4.78, 5) is 2.58. The van der Waals surface area contributed by atoms with Crippen molar-refractivity contribution >= 4 is 5.69 Å². The van der Waals surface area contributed by atoms with Crippen LogP contribution < -0.4 is 5.32 Å². The average Bonchev–Trinajstić information content (AvgIpc) is 2.87. The fourth-order valence-corrected chi connectivity index (χ4v) is 3.52. The van der Waals surface area contributed by atoms with E-state index in [1.807, 2.05) is 0 Å². The Morgan fingerprint density at radius 3 is 2.55 bits per heavy atom. The Bertz CT molecular complexity index is 429. The first kappa shape index (κ1) is 13.9. The third-order valence-electron chi connectivity index (χ3n) is 5.09.